The monoisotopic (exact) mass is 436 g/mol. The van der Waals surface area contributed by atoms with Crippen LogP contribution in [0.1, 0.15) is 18.1 Å². The SMILES string of the molecule is COc1cc2c(cc1OC)N(C)S(=O)(=O)C(C(=O)Nc1cccc(Cl)c1C)=C2C. The Hall–Kier alpha value is -2.71. The largest absolute Gasteiger partial charge is 0.493 e. The summed E-state index contributed by atoms with van der Waals surface area (Å²) in [6, 6.07) is 8.27. The van der Waals surface area contributed by atoms with E-state index in [9.17, 15) is 13.2 Å². The van der Waals surface area contributed by atoms with Gasteiger partial charge in [0.25, 0.3) is 15.9 Å². The highest BCUT2D eigenvalue weighted by atomic mass is 35.5. The van der Waals surface area contributed by atoms with Gasteiger partial charge in [0.05, 0.1) is 19.9 Å². The van der Waals surface area contributed by atoms with E-state index in [2.05, 4.69) is 5.32 Å². The van der Waals surface area contributed by atoms with Gasteiger partial charge in [0.15, 0.2) is 16.4 Å². The van der Waals surface area contributed by atoms with E-state index in [1.54, 1.807) is 44.2 Å². The van der Waals surface area contributed by atoms with Crippen molar-refractivity contribution < 1.29 is 22.7 Å². The Bertz CT molecular complexity index is 1140. The summed E-state index contributed by atoms with van der Waals surface area (Å²) in [7, 11) is 0.270. The second-order valence-electron chi connectivity index (χ2n) is 6.52. The lowest BCUT2D eigenvalue weighted by atomic mass is 10.0. The van der Waals surface area contributed by atoms with E-state index in [1.165, 1.54) is 21.3 Å². The first-order chi connectivity index (χ1) is 13.6. The number of hydrogen-bond acceptors (Lipinski definition) is 5. The van der Waals surface area contributed by atoms with Crippen molar-refractivity contribution >= 4 is 44.5 Å². The van der Waals surface area contributed by atoms with Crippen molar-refractivity contribution in [3.63, 3.8) is 0 Å². The molecule has 3 rings (SSSR count). The zero-order valence-corrected chi connectivity index (χ0v) is 18.2. The van der Waals surface area contributed by atoms with Gasteiger partial charge in [-0.05, 0) is 43.2 Å². The molecule has 0 aromatic heterocycles. The number of ether oxygens (including phenoxy) is 2. The number of carbonyl (C=O) groups excluding carboxylic acids is 1. The topological polar surface area (TPSA) is 84.9 Å². The number of carbonyl (C=O) groups is 1. The molecule has 0 radical (unpaired) electrons. The van der Waals surface area contributed by atoms with Gasteiger partial charge < -0.3 is 14.8 Å². The van der Waals surface area contributed by atoms with Gasteiger partial charge in [-0.1, -0.05) is 17.7 Å². The number of hydrogen-bond donors (Lipinski definition) is 1. The van der Waals surface area contributed by atoms with Crippen LogP contribution in [-0.2, 0) is 14.8 Å². The van der Waals surface area contributed by atoms with Gasteiger partial charge in [0, 0.05) is 29.4 Å². The first-order valence-corrected chi connectivity index (χ1v) is 10.5. The van der Waals surface area contributed by atoms with Gasteiger partial charge in [-0.2, -0.15) is 0 Å². The van der Waals surface area contributed by atoms with Crippen LogP contribution in [0.2, 0.25) is 5.02 Å². The van der Waals surface area contributed by atoms with Gasteiger partial charge in [-0.15, -0.1) is 0 Å². The van der Waals surface area contributed by atoms with Crippen molar-refractivity contribution in [3.05, 3.63) is 51.4 Å². The Kier molecular flexibility index (Phi) is 5.51. The summed E-state index contributed by atoms with van der Waals surface area (Å²) in [5.41, 5.74) is 2.37. The summed E-state index contributed by atoms with van der Waals surface area (Å²) in [5.74, 6) is 0.0902. The van der Waals surface area contributed by atoms with Crippen LogP contribution in [0.15, 0.2) is 35.2 Å². The highest BCUT2D eigenvalue weighted by Gasteiger charge is 2.38. The summed E-state index contributed by atoms with van der Waals surface area (Å²) in [6.45, 7) is 3.34. The van der Waals surface area contributed by atoms with Crippen LogP contribution >= 0.6 is 11.6 Å². The lowest BCUT2D eigenvalue weighted by Gasteiger charge is -2.30. The predicted octanol–water partition coefficient (Wildman–Crippen LogP) is 3.81. The molecule has 0 spiro atoms. The lowest BCUT2D eigenvalue weighted by Crippen LogP contribution is -2.36. The van der Waals surface area contributed by atoms with Crippen LogP contribution in [-0.4, -0.2) is 35.6 Å². The van der Waals surface area contributed by atoms with Gasteiger partial charge >= 0.3 is 0 Å². The van der Waals surface area contributed by atoms with E-state index in [-0.39, 0.29) is 4.91 Å². The number of methoxy groups -OCH3 is 2. The first-order valence-electron chi connectivity index (χ1n) is 8.66. The predicted molar refractivity (Wildman–Crippen MR) is 114 cm³/mol. The van der Waals surface area contributed by atoms with Gasteiger partial charge in [-0.3, -0.25) is 9.10 Å². The third-order valence-electron chi connectivity index (χ3n) is 4.93. The molecule has 0 saturated heterocycles. The number of rotatable bonds is 4. The minimum atomic E-state index is -4.08. The number of amides is 1. The summed E-state index contributed by atoms with van der Waals surface area (Å²) in [6.07, 6.45) is 0. The second kappa shape index (κ2) is 7.61. The molecule has 7 nitrogen and oxygen atoms in total. The van der Waals surface area contributed by atoms with E-state index in [0.29, 0.717) is 44.6 Å². The fourth-order valence-electron chi connectivity index (χ4n) is 3.22. The molecule has 0 aliphatic carbocycles. The second-order valence-corrected chi connectivity index (χ2v) is 8.83. The molecule has 1 amide bonds. The Labute approximate surface area is 174 Å². The normalized spacial score (nSPS) is 15.0. The molecule has 0 saturated carbocycles. The molecule has 1 aliphatic heterocycles. The maximum atomic E-state index is 13.1. The smallest absolute Gasteiger partial charge is 0.269 e. The number of anilines is 2. The highest BCUT2D eigenvalue weighted by molar-refractivity contribution is 7.97. The van der Waals surface area contributed by atoms with Gasteiger partial charge in [0.2, 0.25) is 0 Å². The summed E-state index contributed by atoms with van der Waals surface area (Å²) in [4.78, 5) is 12.7. The summed E-state index contributed by atoms with van der Waals surface area (Å²) in [5, 5.41) is 3.14. The maximum absolute atomic E-state index is 13.1. The molecule has 1 aliphatic rings. The fourth-order valence-corrected chi connectivity index (χ4v) is 4.86. The molecule has 0 unspecified atom stereocenters. The zero-order valence-electron chi connectivity index (χ0n) is 16.7. The van der Waals surface area contributed by atoms with Crippen molar-refractivity contribution in [1.82, 2.24) is 0 Å². The Morgan fingerprint density at radius 3 is 2.34 bits per heavy atom. The van der Waals surface area contributed by atoms with E-state index in [0.717, 1.165) is 4.31 Å². The molecular formula is C20H21ClN2O5S. The van der Waals surface area contributed by atoms with Crippen molar-refractivity contribution in [2.24, 2.45) is 0 Å². The third-order valence-corrected chi connectivity index (χ3v) is 7.26. The van der Waals surface area contributed by atoms with Crippen molar-refractivity contribution in [2.75, 3.05) is 30.9 Å². The number of benzene rings is 2. The first kappa shape index (κ1) is 21.0. The van der Waals surface area contributed by atoms with Crippen LogP contribution in [0, 0.1) is 6.92 Å². The van der Waals surface area contributed by atoms with Crippen molar-refractivity contribution in [1.29, 1.82) is 0 Å². The van der Waals surface area contributed by atoms with E-state index in [1.807, 2.05) is 0 Å². The third kappa shape index (κ3) is 3.42. The van der Waals surface area contributed by atoms with E-state index < -0.39 is 15.9 Å². The average Bonchev–Trinajstić information content (AvgIpc) is 2.68. The molecule has 29 heavy (non-hydrogen) atoms. The Morgan fingerprint density at radius 1 is 1.10 bits per heavy atom. The molecule has 2 aromatic rings. The summed E-state index contributed by atoms with van der Waals surface area (Å²) >= 11 is 6.10. The van der Waals surface area contributed by atoms with Crippen LogP contribution in [0.4, 0.5) is 11.4 Å². The van der Waals surface area contributed by atoms with Crippen molar-refractivity contribution in [2.45, 2.75) is 13.8 Å². The number of halogens is 1. The van der Waals surface area contributed by atoms with Gasteiger partial charge in [-0.25, -0.2) is 8.42 Å². The number of fused-ring (bicyclic) bond motifs is 1. The minimum absolute atomic E-state index is 0.316. The molecule has 2 aromatic carbocycles. The van der Waals surface area contributed by atoms with Gasteiger partial charge in [0.1, 0.15) is 0 Å². The van der Waals surface area contributed by atoms with E-state index >= 15 is 0 Å². The Balaban J connectivity index is 2.17. The standard InChI is InChI=1S/C20H21ClN2O5S/c1-11-13-9-17(27-4)18(28-5)10-16(13)23(3)29(25,26)19(11)20(24)22-15-8-6-7-14(21)12(15)2/h6-10H,1-5H3,(H,22,24). The zero-order chi connectivity index (χ0) is 21.5. The molecule has 1 N–H and O–H groups in total. The van der Waals surface area contributed by atoms with Crippen LogP contribution in [0.5, 0.6) is 11.5 Å². The number of allylic oxidation sites excluding steroid dienone is 1. The molecule has 9 heteroatoms. The minimum Gasteiger partial charge on any atom is -0.493 e. The summed E-state index contributed by atoms with van der Waals surface area (Å²) < 4.78 is 37.9. The fraction of sp³-hybridized carbons (Fsp3) is 0.250. The average molecular weight is 437 g/mol. The Morgan fingerprint density at radius 2 is 1.72 bits per heavy atom. The molecule has 0 fully saturated rings. The lowest BCUT2D eigenvalue weighted by molar-refractivity contribution is -0.112. The maximum Gasteiger partial charge on any atom is 0.269 e. The number of sulfonamides is 1. The molecule has 1 heterocycles. The molecular weight excluding hydrogens is 416 g/mol. The van der Waals surface area contributed by atoms with Crippen LogP contribution in [0.3, 0.4) is 0 Å². The van der Waals surface area contributed by atoms with Crippen molar-refractivity contribution in [3.8, 4) is 11.5 Å². The van der Waals surface area contributed by atoms with Crippen LogP contribution in [0.25, 0.3) is 5.57 Å². The number of nitrogens with zero attached hydrogens (tertiary/aromatic N) is 1. The highest BCUT2D eigenvalue weighted by Crippen LogP contribution is 2.44. The molecule has 0 bridgehead atoms. The van der Waals surface area contributed by atoms with Crippen LogP contribution < -0.4 is 19.1 Å². The molecule has 154 valence electrons. The van der Waals surface area contributed by atoms with E-state index in [4.69, 9.17) is 21.1 Å². The molecule has 0 atom stereocenters. The quantitative estimate of drug-likeness (QED) is 0.787. The number of nitrogens with one attached hydrogen (secondary N) is 1.